The van der Waals surface area contributed by atoms with E-state index >= 15 is 4.39 Å². The highest BCUT2D eigenvalue weighted by Crippen LogP contribution is 2.34. The molecule has 0 saturated heterocycles. The van der Waals surface area contributed by atoms with E-state index in [1.54, 1.807) is 24.3 Å². The summed E-state index contributed by atoms with van der Waals surface area (Å²) in [6.07, 6.45) is 0.976. The normalized spacial score (nSPS) is 10.7. The molecule has 0 saturated carbocycles. The fourth-order valence-electron chi connectivity index (χ4n) is 3.63. The highest BCUT2D eigenvalue weighted by Gasteiger charge is 2.14. The minimum absolute atomic E-state index is 0.0245. The molecule has 0 aliphatic rings. The van der Waals surface area contributed by atoms with Crippen LogP contribution in [0.1, 0.15) is 16.8 Å². The Bertz CT molecular complexity index is 1580. The highest BCUT2D eigenvalue weighted by atomic mass is 32.2. The second-order valence-electron chi connectivity index (χ2n) is 7.88. The van der Waals surface area contributed by atoms with Crippen molar-refractivity contribution in [3.63, 3.8) is 0 Å². The Labute approximate surface area is 220 Å². The van der Waals surface area contributed by atoms with Gasteiger partial charge in [-0.1, -0.05) is 31.4 Å². The molecule has 0 aliphatic heterocycles. The lowest BCUT2D eigenvalue weighted by atomic mass is 10.0. The molecular formula is C29H20F2O6S. The number of thioether (sulfide) groups is 1. The number of hydrogen-bond donors (Lipinski definition) is 0. The highest BCUT2D eigenvalue weighted by molar-refractivity contribution is 8.14. The molecule has 0 unspecified atom stereocenters. The third-order valence-corrected chi connectivity index (χ3v) is 6.31. The zero-order valence-electron chi connectivity index (χ0n) is 19.9. The van der Waals surface area contributed by atoms with Gasteiger partial charge in [-0.2, -0.15) is 4.39 Å². The van der Waals surface area contributed by atoms with Gasteiger partial charge in [-0.15, -0.1) is 0 Å². The molecule has 0 bridgehead atoms. The van der Waals surface area contributed by atoms with Gasteiger partial charge in [0.05, 0.1) is 19.3 Å². The third-order valence-electron chi connectivity index (χ3n) is 5.40. The van der Waals surface area contributed by atoms with E-state index in [1.165, 1.54) is 30.3 Å². The predicted octanol–water partition coefficient (Wildman–Crippen LogP) is 6.91. The fraction of sp³-hybridized carbons (Fsp3) is 0.0690. The average molecular weight is 535 g/mol. The van der Waals surface area contributed by atoms with Crippen molar-refractivity contribution in [2.45, 2.75) is 11.3 Å². The lowest BCUT2D eigenvalue weighted by Gasteiger charge is -2.11. The van der Waals surface area contributed by atoms with Crippen molar-refractivity contribution in [2.75, 3.05) is 6.61 Å². The second-order valence-corrected chi connectivity index (χ2v) is 8.93. The Morgan fingerprint density at radius 3 is 2.34 bits per heavy atom. The van der Waals surface area contributed by atoms with Crippen LogP contribution in [-0.2, 0) is 14.3 Å². The molecule has 0 fully saturated rings. The van der Waals surface area contributed by atoms with E-state index < -0.39 is 23.6 Å². The first-order chi connectivity index (χ1) is 18.3. The molecule has 0 spiro atoms. The smallest absolute Gasteiger partial charge is 0.371 e. The zero-order valence-corrected chi connectivity index (χ0v) is 20.7. The van der Waals surface area contributed by atoms with Crippen molar-refractivity contribution in [1.82, 2.24) is 0 Å². The van der Waals surface area contributed by atoms with Gasteiger partial charge >= 0.3 is 11.9 Å². The van der Waals surface area contributed by atoms with Gasteiger partial charge in [0.25, 0.3) is 0 Å². The Kier molecular flexibility index (Phi) is 8.18. The van der Waals surface area contributed by atoms with Crippen LogP contribution >= 0.6 is 11.8 Å². The lowest BCUT2D eigenvalue weighted by Crippen LogP contribution is -2.07. The lowest BCUT2D eigenvalue weighted by molar-refractivity contribution is -0.138. The number of fused-ring (bicyclic) bond motifs is 3. The summed E-state index contributed by atoms with van der Waals surface area (Å²) in [5.74, 6) is -3.37. The number of ether oxygens (including phenoxy) is 3. The van der Waals surface area contributed by atoms with E-state index in [4.69, 9.17) is 9.47 Å². The number of rotatable bonds is 9. The number of esters is 2. The minimum atomic E-state index is -1.22. The summed E-state index contributed by atoms with van der Waals surface area (Å²) in [5, 5.41) is 2.38. The van der Waals surface area contributed by atoms with Crippen molar-refractivity contribution in [2.24, 2.45) is 0 Å². The van der Waals surface area contributed by atoms with Crippen LogP contribution in [0, 0.1) is 5.82 Å². The molecule has 0 N–H and O–H groups in total. The van der Waals surface area contributed by atoms with Crippen LogP contribution < -0.4 is 9.47 Å². The molecule has 0 heterocycles. The van der Waals surface area contributed by atoms with Gasteiger partial charge in [-0.05, 0) is 76.5 Å². The third kappa shape index (κ3) is 6.07. The summed E-state index contributed by atoms with van der Waals surface area (Å²) < 4.78 is 42.7. The average Bonchev–Trinajstić information content (AvgIpc) is 2.90. The molecule has 192 valence electrons. The number of carbonyl (C=O) groups is 3. The molecule has 38 heavy (non-hydrogen) atoms. The number of hydrogen-bond acceptors (Lipinski definition) is 7. The molecule has 4 aromatic carbocycles. The van der Waals surface area contributed by atoms with Crippen molar-refractivity contribution >= 4 is 50.4 Å². The van der Waals surface area contributed by atoms with E-state index in [0.717, 1.165) is 28.8 Å². The number of benzene rings is 4. The SMILES string of the molecule is C=COC(=O)CCOc1ccc2c(ccc3cc(SC(=O)c4ccc(OC(=O)C(=C)F)cc4)ccc32)c1F. The molecule has 0 aliphatic carbocycles. The van der Waals surface area contributed by atoms with Crippen LogP contribution in [0.25, 0.3) is 21.5 Å². The van der Waals surface area contributed by atoms with Gasteiger partial charge in [-0.3, -0.25) is 9.59 Å². The van der Waals surface area contributed by atoms with Crippen LogP contribution in [0.3, 0.4) is 0 Å². The van der Waals surface area contributed by atoms with Gasteiger partial charge in [0, 0.05) is 15.8 Å². The first kappa shape index (κ1) is 26.6. The van der Waals surface area contributed by atoms with E-state index in [2.05, 4.69) is 17.9 Å². The molecule has 0 atom stereocenters. The molecule has 9 heteroatoms. The summed E-state index contributed by atoms with van der Waals surface area (Å²) in [7, 11) is 0. The van der Waals surface area contributed by atoms with Gasteiger partial charge < -0.3 is 14.2 Å². The van der Waals surface area contributed by atoms with Crippen molar-refractivity contribution in [1.29, 1.82) is 0 Å². The van der Waals surface area contributed by atoms with Gasteiger partial charge in [0.15, 0.2) is 11.6 Å². The second kappa shape index (κ2) is 11.7. The Morgan fingerprint density at radius 1 is 0.921 bits per heavy atom. The molecule has 0 radical (unpaired) electrons. The Morgan fingerprint density at radius 2 is 1.63 bits per heavy atom. The molecular weight excluding hydrogens is 514 g/mol. The van der Waals surface area contributed by atoms with Gasteiger partial charge in [-0.25, -0.2) is 9.18 Å². The first-order valence-electron chi connectivity index (χ1n) is 11.2. The maximum absolute atomic E-state index is 15.1. The number of carbonyl (C=O) groups excluding carboxylic acids is 3. The maximum atomic E-state index is 15.1. The van der Waals surface area contributed by atoms with Crippen LogP contribution in [0.15, 0.2) is 96.9 Å². The van der Waals surface area contributed by atoms with Crippen LogP contribution in [-0.4, -0.2) is 23.7 Å². The maximum Gasteiger partial charge on any atom is 0.371 e. The predicted molar refractivity (Wildman–Crippen MR) is 140 cm³/mol. The minimum Gasteiger partial charge on any atom is -0.490 e. The van der Waals surface area contributed by atoms with E-state index in [1.807, 2.05) is 12.1 Å². The summed E-state index contributed by atoms with van der Waals surface area (Å²) in [4.78, 5) is 36.1. The van der Waals surface area contributed by atoms with Crippen LogP contribution in [0.5, 0.6) is 11.5 Å². The Hall–Kier alpha value is -4.50. The quantitative estimate of drug-likeness (QED) is 0.0577. The number of halogens is 2. The standard InChI is InChI=1S/C29H20F2O6S/c1-3-35-26(32)14-15-36-25-13-12-23-22-11-9-21(16-19(22)6-10-24(23)27(25)31)38-29(34)18-4-7-20(8-5-18)37-28(33)17(2)30/h3-13,16H,1-2,14-15H2. The molecule has 4 rings (SSSR count). The zero-order chi connectivity index (χ0) is 27.2. The van der Waals surface area contributed by atoms with Gasteiger partial charge in [0.1, 0.15) is 5.75 Å². The largest absolute Gasteiger partial charge is 0.490 e. The van der Waals surface area contributed by atoms with E-state index in [-0.39, 0.29) is 29.6 Å². The molecule has 0 aromatic heterocycles. The van der Waals surface area contributed by atoms with Crippen molar-refractivity contribution < 1.29 is 37.4 Å². The molecule has 4 aromatic rings. The van der Waals surface area contributed by atoms with Crippen LogP contribution in [0.2, 0.25) is 0 Å². The topological polar surface area (TPSA) is 78.9 Å². The van der Waals surface area contributed by atoms with Crippen molar-refractivity contribution in [3.05, 3.63) is 103 Å². The fourth-order valence-corrected chi connectivity index (χ4v) is 4.42. The Balaban J connectivity index is 1.49. The van der Waals surface area contributed by atoms with Crippen LogP contribution in [0.4, 0.5) is 8.78 Å². The molecule has 6 nitrogen and oxygen atoms in total. The summed E-state index contributed by atoms with van der Waals surface area (Å²) in [6, 6.07) is 17.8. The summed E-state index contributed by atoms with van der Waals surface area (Å²) in [6.45, 7) is 6.13. The van der Waals surface area contributed by atoms with Gasteiger partial charge in [0.2, 0.25) is 10.9 Å². The first-order valence-corrected chi connectivity index (χ1v) is 12.1. The summed E-state index contributed by atoms with van der Waals surface area (Å²) >= 11 is 1.00. The molecule has 0 amide bonds. The monoisotopic (exact) mass is 534 g/mol. The van der Waals surface area contributed by atoms with Crippen molar-refractivity contribution in [3.8, 4) is 11.5 Å². The summed E-state index contributed by atoms with van der Waals surface area (Å²) in [5.41, 5.74) is 0.361. The van der Waals surface area contributed by atoms with E-state index in [9.17, 15) is 18.8 Å². The van der Waals surface area contributed by atoms with E-state index in [0.29, 0.717) is 21.2 Å².